The number of pyridine rings is 1. The lowest BCUT2D eigenvalue weighted by Crippen LogP contribution is -2.42. The second kappa shape index (κ2) is 7.35. The summed E-state index contributed by atoms with van der Waals surface area (Å²) in [6, 6.07) is 3.27. The number of ether oxygens (including phenoxy) is 1. The van der Waals surface area contributed by atoms with Gasteiger partial charge in [0.15, 0.2) is 0 Å². The molecule has 1 aliphatic heterocycles. The van der Waals surface area contributed by atoms with Gasteiger partial charge in [-0.15, -0.1) is 0 Å². The van der Waals surface area contributed by atoms with E-state index in [9.17, 15) is 9.59 Å². The highest BCUT2D eigenvalue weighted by atomic mass is 79.9. The number of carbonyl (C=O) groups excluding carboxylic acids is 2. The highest BCUT2D eigenvalue weighted by Crippen LogP contribution is 2.07. The molecule has 2 heterocycles. The molecule has 0 aromatic carbocycles. The minimum atomic E-state index is -0.206. The van der Waals surface area contributed by atoms with Crippen molar-refractivity contribution in [2.24, 2.45) is 0 Å². The second-order valence-corrected chi connectivity index (χ2v) is 5.18. The van der Waals surface area contributed by atoms with Crippen molar-refractivity contribution >= 4 is 27.7 Å². The Kier molecular flexibility index (Phi) is 5.49. The van der Waals surface area contributed by atoms with Crippen molar-refractivity contribution in [1.82, 2.24) is 15.2 Å². The average Bonchev–Trinajstić information content (AvgIpc) is 2.48. The third-order valence-corrected chi connectivity index (χ3v) is 3.41. The van der Waals surface area contributed by atoms with Crippen LogP contribution in [0.4, 0.5) is 0 Å². The van der Waals surface area contributed by atoms with Crippen molar-refractivity contribution in [3.8, 4) is 0 Å². The molecule has 2 rings (SSSR count). The molecule has 0 radical (unpaired) electrons. The lowest BCUT2D eigenvalue weighted by molar-refractivity contribution is -0.135. The molecule has 7 heteroatoms. The fraction of sp³-hybridized carbons (Fsp3) is 0.462. The first-order valence-electron chi connectivity index (χ1n) is 6.42. The highest BCUT2D eigenvalue weighted by molar-refractivity contribution is 9.10. The van der Waals surface area contributed by atoms with Crippen molar-refractivity contribution in [2.45, 2.75) is 6.42 Å². The molecule has 0 atom stereocenters. The molecule has 1 aliphatic rings. The number of morpholine rings is 1. The van der Waals surface area contributed by atoms with E-state index < -0.39 is 0 Å². The molecule has 1 saturated heterocycles. The minimum absolute atomic E-state index is 0.0458. The van der Waals surface area contributed by atoms with E-state index in [0.717, 1.165) is 0 Å². The molecule has 1 N–H and O–H groups in total. The normalized spacial score (nSPS) is 14.9. The monoisotopic (exact) mass is 341 g/mol. The summed E-state index contributed by atoms with van der Waals surface area (Å²) in [6.45, 7) is 2.76. The van der Waals surface area contributed by atoms with Crippen molar-refractivity contribution in [1.29, 1.82) is 0 Å². The fourth-order valence-electron chi connectivity index (χ4n) is 1.90. The van der Waals surface area contributed by atoms with Crippen LogP contribution in [0.5, 0.6) is 0 Å². The van der Waals surface area contributed by atoms with Gasteiger partial charge in [0, 0.05) is 37.8 Å². The van der Waals surface area contributed by atoms with Crippen LogP contribution in [0.2, 0.25) is 0 Å². The Labute approximate surface area is 125 Å². The fourth-order valence-corrected chi connectivity index (χ4v) is 2.26. The summed E-state index contributed by atoms with van der Waals surface area (Å²) in [7, 11) is 0. The molecule has 1 aromatic heterocycles. The van der Waals surface area contributed by atoms with Crippen LogP contribution in [-0.4, -0.2) is 54.5 Å². The van der Waals surface area contributed by atoms with Crippen molar-refractivity contribution in [3.63, 3.8) is 0 Å². The summed E-state index contributed by atoms with van der Waals surface area (Å²) in [5.74, 6) is -0.160. The van der Waals surface area contributed by atoms with Crippen LogP contribution in [-0.2, 0) is 9.53 Å². The Morgan fingerprint density at radius 3 is 2.85 bits per heavy atom. The van der Waals surface area contributed by atoms with E-state index in [1.807, 2.05) is 0 Å². The van der Waals surface area contributed by atoms with E-state index in [1.165, 1.54) is 0 Å². The maximum atomic E-state index is 11.9. The van der Waals surface area contributed by atoms with Gasteiger partial charge in [0.25, 0.3) is 5.91 Å². The molecule has 0 spiro atoms. The van der Waals surface area contributed by atoms with Crippen LogP contribution < -0.4 is 5.32 Å². The molecule has 0 bridgehead atoms. The summed E-state index contributed by atoms with van der Waals surface area (Å²) in [5, 5.41) is 2.73. The number of aromatic nitrogens is 1. The number of rotatable bonds is 4. The molecular formula is C13H16BrN3O3. The molecule has 108 valence electrons. The van der Waals surface area contributed by atoms with Crippen LogP contribution in [0.15, 0.2) is 22.9 Å². The van der Waals surface area contributed by atoms with E-state index in [2.05, 4.69) is 26.2 Å². The van der Waals surface area contributed by atoms with E-state index in [0.29, 0.717) is 49.4 Å². The highest BCUT2D eigenvalue weighted by Gasteiger charge is 2.16. The summed E-state index contributed by atoms with van der Waals surface area (Å²) in [5.41, 5.74) is 0.519. The lowest BCUT2D eigenvalue weighted by Gasteiger charge is -2.26. The van der Waals surface area contributed by atoms with Crippen molar-refractivity contribution < 1.29 is 14.3 Å². The lowest BCUT2D eigenvalue weighted by atomic mass is 10.2. The number of amides is 2. The van der Waals surface area contributed by atoms with Gasteiger partial charge in [-0.3, -0.25) is 9.59 Å². The van der Waals surface area contributed by atoms with Crippen LogP contribution in [0.25, 0.3) is 0 Å². The predicted octanol–water partition coefficient (Wildman–Crippen LogP) is 0.823. The number of hydrogen-bond donors (Lipinski definition) is 1. The van der Waals surface area contributed by atoms with Crippen molar-refractivity contribution in [3.05, 3.63) is 28.5 Å². The van der Waals surface area contributed by atoms with Crippen molar-refractivity contribution in [2.75, 3.05) is 32.8 Å². The third kappa shape index (κ3) is 4.28. The van der Waals surface area contributed by atoms with E-state index >= 15 is 0 Å². The minimum Gasteiger partial charge on any atom is -0.378 e. The number of hydrogen-bond acceptors (Lipinski definition) is 4. The van der Waals surface area contributed by atoms with Gasteiger partial charge in [0.2, 0.25) is 5.91 Å². The van der Waals surface area contributed by atoms with E-state index in [1.54, 1.807) is 23.2 Å². The molecule has 6 nitrogen and oxygen atoms in total. The smallest absolute Gasteiger partial charge is 0.251 e. The first-order valence-corrected chi connectivity index (χ1v) is 7.21. The first kappa shape index (κ1) is 14.9. The molecule has 0 aliphatic carbocycles. The van der Waals surface area contributed by atoms with E-state index in [4.69, 9.17) is 4.74 Å². The maximum Gasteiger partial charge on any atom is 0.251 e. The second-order valence-electron chi connectivity index (χ2n) is 4.37. The first-order chi connectivity index (χ1) is 9.66. The van der Waals surface area contributed by atoms with Gasteiger partial charge < -0.3 is 15.0 Å². The largest absolute Gasteiger partial charge is 0.378 e. The standard InChI is InChI=1S/C13H16BrN3O3/c14-11-9-10(1-3-15-11)13(19)16-4-2-12(18)17-5-7-20-8-6-17/h1,3,9H,2,4-8H2,(H,16,19). The van der Waals surface area contributed by atoms with Crippen LogP contribution in [0.1, 0.15) is 16.8 Å². The zero-order valence-corrected chi connectivity index (χ0v) is 12.6. The Morgan fingerprint density at radius 1 is 1.40 bits per heavy atom. The maximum absolute atomic E-state index is 11.9. The van der Waals surface area contributed by atoms with Crippen LogP contribution in [0.3, 0.4) is 0 Å². The third-order valence-electron chi connectivity index (χ3n) is 2.98. The topological polar surface area (TPSA) is 71.5 Å². The van der Waals surface area contributed by atoms with Gasteiger partial charge in [-0.1, -0.05) is 0 Å². The number of nitrogens with one attached hydrogen (secondary N) is 1. The number of halogens is 1. The summed E-state index contributed by atoms with van der Waals surface area (Å²) >= 11 is 3.21. The number of nitrogens with zero attached hydrogens (tertiary/aromatic N) is 2. The Morgan fingerprint density at radius 2 is 2.15 bits per heavy atom. The van der Waals surface area contributed by atoms with Gasteiger partial charge in [0.05, 0.1) is 13.2 Å². The predicted molar refractivity (Wildman–Crippen MR) is 76.3 cm³/mol. The zero-order chi connectivity index (χ0) is 14.4. The van der Waals surface area contributed by atoms with Gasteiger partial charge in [0.1, 0.15) is 4.60 Å². The molecule has 2 amide bonds. The quantitative estimate of drug-likeness (QED) is 0.823. The Bertz CT molecular complexity index is 490. The molecule has 0 saturated carbocycles. The molecular weight excluding hydrogens is 326 g/mol. The summed E-state index contributed by atoms with van der Waals surface area (Å²) in [4.78, 5) is 29.4. The van der Waals surface area contributed by atoms with E-state index in [-0.39, 0.29) is 11.8 Å². The summed E-state index contributed by atoms with van der Waals surface area (Å²) in [6.07, 6.45) is 1.86. The molecule has 20 heavy (non-hydrogen) atoms. The van der Waals surface area contributed by atoms with Gasteiger partial charge >= 0.3 is 0 Å². The molecule has 1 aromatic rings. The van der Waals surface area contributed by atoms with Crippen LogP contribution in [0, 0.1) is 0 Å². The van der Waals surface area contributed by atoms with Gasteiger partial charge in [-0.05, 0) is 28.1 Å². The zero-order valence-electron chi connectivity index (χ0n) is 11.0. The Balaban J connectivity index is 1.75. The summed E-state index contributed by atoms with van der Waals surface area (Å²) < 4.78 is 5.79. The Hall–Kier alpha value is -1.47. The SMILES string of the molecule is O=C(NCCC(=O)N1CCOCC1)c1ccnc(Br)c1. The average molecular weight is 342 g/mol. The van der Waals surface area contributed by atoms with Crippen LogP contribution >= 0.6 is 15.9 Å². The van der Waals surface area contributed by atoms with Gasteiger partial charge in [-0.25, -0.2) is 4.98 Å². The molecule has 1 fully saturated rings. The van der Waals surface area contributed by atoms with Gasteiger partial charge in [-0.2, -0.15) is 0 Å². The number of carbonyl (C=O) groups is 2. The molecule has 0 unspecified atom stereocenters.